The van der Waals surface area contributed by atoms with Crippen LogP contribution in [-0.4, -0.2) is 31.2 Å². The standard InChI is InChI=1S/C13H19N3/c1-16(11-7-8-14-9-11)13-4-2-3-12(15-13)10-5-6-10/h2-4,10-11,14H,5-9H2,1H3. The maximum absolute atomic E-state index is 4.78. The molecule has 86 valence electrons. The molecule has 1 aliphatic heterocycles. The van der Waals surface area contributed by atoms with Gasteiger partial charge in [-0.15, -0.1) is 0 Å². The Morgan fingerprint density at radius 3 is 2.88 bits per heavy atom. The number of anilines is 1. The molecule has 3 nitrogen and oxygen atoms in total. The van der Waals surface area contributed by atoms with Gasteiger partial charge in [-0.05, 0) is 37.9 Å². The lowest BCUT2D eigenvalue weighted by Gasteiger charge is -2.25. The molecule has 3 rings (SSSR count). The first-order chi connectivity index (χ1) is 7.84. The van der Waals surface area contributed by atoms with E-state index in [9.17, 15) is 0 Å². The molecule has 0 bridgehead atoms. The maximum atomic E-state index is 4.78. The fraction of sp³-hybridized carbons (Fsp3) is 0.615. The molecule has 2 aliphatic rings. The van der Waals surface area contributed by atoms with Gasteiger partial charge in [-0.3, -0.25) is 0 Å². The van der Waals surface area contributed by atoms with Gasteiger partial charge in [0, 0.05) is 31.2 Å². The highest BCUT2D eigenvalue weighted by atomic mass is 15.2. The largest absolute Gasteiger partial charge is 0.355 e. The lowest BCUT2D eigenvalue weighted by Crippen LogP contribution is -2.33. The van der Waals surface area contributed by atoms with Crippen LogP contribution in [0.2, 0.25) is 0 Å². The van der Waals surface area contributed by atoms with Crippen molar-refractivity contribution in [3.63, 3.8) is 0 Å². The van der Waals surface area contributed by atoms with Crippen LogP contribution in [0.5, 0.6) is 0 Å². The fourth-order valence-electron chi connectivity index (χ4n) is 2.40. The van der Waals surface area contributed by atoms with E-state index in [1.807, 2.05) is 0 Å². The zero-order valence-corrected chi connectivity index (χ0v) is 9.82. The number of nitrogens with one attached hydrogen (secondary N) is 1. The predicted molar refractivity (Wildman–Crippen MR) is 65.9 cm³/mol. The molecule has 1 saturated carbocycles. The molecule has 1 aliphatic carbocycles. The zero-order chi connectivity index (χ0) is 11.0. The van der Waals surface area contributed by atoms with Crippen LogP contribution in [0.15, 0.2) is 18.2 Å². The second-order valence-electron chi connectivity index (χ2n) is 4.95. The number of pyridine rings is 1. The van der Waals surface area contributed by atoms with E-state index in [0.29, 0.717) is 6.04 Å². The van der Waals surface area contributed by atoms with Gasteiger partial charge in [0.2, 0.25) is 0 Å². The molecule has 1 unspecified atom stereocenters. The molecule has 3 heteroatoms. The summed E-state index contributed by atoms with van der Waals surface area (Å²) in [6.07, 6.45) is 3.88. The van der Waals surface area contributed by atoms with Crippen molar-refractivity contribution in [2.24, 2.45) is 0 Å². The van der Waals surface area contributed by atoms with Crippen LogP contribution in [0.1, 0.15) is 30.9 Å². The normalized spacial score (nSPS) is 24.7. The van der Waals surface area contributed by atoms with E-state index < -0.39 is 0 Å². The van der Waals surface area contributed by atoms with Gasteiger partial charge in [-0.25, -0.2) is 4.98 Å². The Bertz CT molecular complexity index is 367. The minimum atomic E-state index is 0.613. The Morgan fingerprint density at radius 1 is 1.31 bits per heavy atom. The molecular weight excluding hydrogens is 198 g/mol. The second-order valence-corrected chi connectivity index (χ2v) is 4.95. The zero-order valence-electron chi connectivity index (χ0n) is 9.82. The average Bonchev–Trinajstić information content (AvgIpc) is 3.04. The lowest BCUT2D eigenvalue weighted by atomic mass is 10.2. The number of nitrogens with zero attached hydrogens (tertiary/aromatic N) is 2. The van der Waals surface area contributed by atoms with Crippen molar-refractivity contribution < 1.29 is 0 Å². The summed E-state index contributed by atoms with van der Waals surface area (Å²) in [6.45, 7) is 2.23. The van der Waals surface area contributed by atoms with Crippen molar-refractivity contribution in [3.8, 4) is 0 Å². The summed E-state index contributed by atoms with van der Waals surface area (Å²) in [7, 11) is 2.16. The molecule has 16 heavy (non-hydrogen) atoms. The smallest absolute Gasteiger partial charge is 0.128 e. The van der Waals surface area contributed by atoms with Gasteiger partial charge in [0.05, 0.1) is 0 Å². The highest BCUT2D eigenvalue weighted by Crippen LogP contribution is 2.39. The van der Waals surface area contributed by atoms with Gasteiger partial charge in [0.15, 0.2) is 0 Å². The molecule has 1 aromatic rings. The van der Waals surface area contributed by atoms with Gasteiger partial charge in [-0.2, -0.15) is 0 Å². The number of hydrogen-bond donors (Lipinski definition) is 1. The number of hydrogen-bond acceptors (Lipinski definition) is 3. The van der Waals surface area contributed by atoms with E-state index in [4.69, 9.17) is 4.98 Å². The minimum absolute atomic E-state index is 0.613. The summed E-state index contributed by atoms with van der Waals surface area (Å²) in [4.78, 5) is 7.10. The molecule has 2 fully saturated rings. The van der Waals surface area contributed by atoms with Crippen molar-refractivity contribution in [1.82, 2.24) is 10.3 Å². The fourth-order valence-corrected chi connectivity index (χ4v) is 2.40. The molecule has 0 amide bonds. The van der Waals surface area contributed by atoms with Crippen molar-refractivity contribution in [1.29, 1.82) is 0 Å². The first-order valence-electron chi connectivity index (χ1n) is 6.25. The maximum Gasteiger partial charge on any atom is 0.128 e. The van der Waals surface area contributed by atoms with Crippen LogP contribution < -0.4 is 10.2 Å². The van der Waals surface area contributed by atoms with Gasteiger partial charge in [-0.1, -0.05) is 6.07 Å². The van der Waals surface area contributed by atoms with Crippen LogP contribution in [0, 0.1) is 0 Å². The summed E-state index contributed by atoms with van der Waals surface area (Å²) >= 11 is 0. The molecule has 0 radical (unpaired) electrons. The summed E-state index contributed by atoms with van der Waals surface area (Å²) in [5.74, 6) is 1.88. The van der Waals surface area contributed by atoms with Crippen LogP contribution in [0.4, 0.5) is 5.82 Å². The third kappa shape index (κ3) is 1.92. The molecule has 1 aromatic heterocycles. The summed E-state index contributed by atoms with van der Waals surface area (Å²) in [6, 6.07) is 7.06. The van der Waals surface area contributed by atoms with Crippen molar-refractivity contribution >= 4 is 5.82 Å². The molecule has 0 aromatic carbocycles. The van der Waals surface area contributed by atoms with E-state index in [2.05, 4.69) is 35.5 Å². The van der Waals surface area contributed by atoms with Gasteiger partial charge >= 0.3 is 0 Å². The molecule has 0 spiro atoms. The molecular formula is C13H19N3. The lowest BCUT2D eigenvalue weighted by molar-refractivity contribution is 0.676. The third-order valence-corrected chi connectivity index (χ3v) is 3.69. The summed E-state index contributed by atoms with van der Waals surface area (Å²) < 4.78 is 0. The monoisotopic (exact) mass is 217 g/mol. The first-order valence-corrected chi connectivity index (χ1v) is 6.25. The van der Waals surface area contributed by atoms with E-state index in [1.165, 1.54) is 25.0 Å². The Kier molecular flexibility index (Phi) is 2.56. The van der Waals surface area contributed by atoms with Crippen molar-refractivity contribution in [2.75, 3.05) is 25.0 Å². The second kappa shape index (κ2) is 4.06. The Hall–Kier alpha value is -1.09. The molecule has 2 heterocycles. The number of likely N-dealkylation sites (N-methyl/N-ethyl adjacent to an activating group) is 1. The Morgan fingerprint density at radius 2 is 2.19 bits per heavy atom. The van der Waals surface area contributed by atoms with E-state index in [-0.39, 0.29) is 0 Å². The number of aromatic nitrogens is 1. The van der Waals surface area contributed by atoms with Crippen LogP contribution in [-0.2, 0) is 0 Å². The van der Waals surface area contributed by atoms with Crippen LogP contribution in [0.3, 0.4) is 0 Å². The third-order valence-electron chi connectivity index (χ3n) is 3.69. The summed E-state index contributed by atoms with van der Waals surface area (Å²) in [5, 5.41) is 3.40. The van der Waals surface area contributed by atoms with E-state index in [1.54, 1.807) is 0 Å². The molecule has 1 N–H and O–H groups in total. The Balaban J connectivity index is 1.78. The molecule has 1 atom stereocenters. The van der Waals surface area contributed by atoms with E-state index in [0.717, 1.165) is 24.8 Å². The Labute approximate surface area is 96.9 Å². The quantitative estimate of drug-likeness (QED) is 0.836. The van der Waals surface area contributed by atoms with Gasteiger partial charge in [0.25, 0.3) is 0 Å². The first kappa shape index (κ1) is 10.1. The van der Waals surface area contributed by atoms with E-state index >= 15 is 0 Å². The number of rotatable bonds is 3. The molecule has 1 saturated heterocycles. The highest BCUT2D eigenvalue weighted by molar-refractivity contribution is 5.41. The highest BCUT2D eigenvalue weighted by Gasteiger charge is 2.26. The van der Waals surface area contributed by atoms with Gasteiger partial charge < -0.3 is 10.2 Å². The predicted octanol–water partition coefficient (Wildman–Crippen LogP) is 1.76. The van der Waals surface area contributed by atoms with Crippen molar-refractivity contribution in [2.45, 2.75) is 31.2 Å². The van der Waals surface area contributed by atoms with Crippen molar-refractivity contribution in [3.05, 3.63) is 23.9 Å². The summed E-state index contributed by atoms with van der Waals surface area (Å²) in [5.41, 5.74) is 1.29. The van der Waals surface area contributed by atoms with Crippen LogP contribution in [0.25, 0.3) is 0 Å². The average molecular weight is 217 g/mol. The minimum Gasteiger partial charge on any atom is -0.355 e. The SMILES string of the molecule is CN(c1cccc(C2CC2)n1)C1CCNC1. The topological polar surface area (TPSA) is 28.2 Å². The van der Waals surface area contributed by atoms with Gasteiger partial charge in [0.1, 0.15) is 5.82 Å². The van der Waals surface area contributed by atoms with Crippen LogP contribution >= 0.6 is 0 Å².